The number of rotatable bonds is 6. The fourth-order valence-corrected chi connectivity index (χ4v) is 2.69. The normalized spacial score (nSPS) is 11.7. The Morgan fingerprint density at radius 3 is 2.36 bits per heavy atom. The predicted molar refractivity (Wildman–Crippen MR) is 89.2 cm³/mol. The summed E-state index contributed by atoms with van der Waals surface area (Å²) in [5.74, 6) is -1.07. The largest absolute Gasteiger partial charge is 0.480 e. The molecule has 0 bridgehead atoms. The van der Waals surface area contributed by atoms with Gasteiger partial charge in [0, 0.05) is 11.3 Å². The highest BCUT2D eigenvalue weighted by Gasteiger charge is 2.21. The minimum Gasteiger partial charge on any atom is -0.480 e. The minimum atomic E-state index is -1.03. The number of hydrogen-bond donors (Lipinski definition) is 2. The van der Waals surface area contributed by atoms with Crippen LogP contribution in [-0.4, -0.2) is 35.0 Å². The van der Waals surface area contributed by atoms with Gasteiger partial charge < -0.3 is 10.4 Å². The maximum absolute atomic E-state index is 12.4. The monoisotopic (exact) mass is 315 g/mol. The number of aliphatic carboxylic acids is 1. The molecule has 22 heavy (non-hydrogen) atoms. The molecule has 2 N–H and O–H groups in total. The van der Waals surface area contributed by atoms with Crippen molar-refractivity contribution in [1.82, 2.24) is 5.32 Å². The van der Waals surface area contributed by atoms with E-state index < -0.39 is 12.0 Å². The summed E-state index contributed by atoms with van der Waals surface area (Å²) >= 11 is 1.38. The van der Waals surface area contributed by atoms with Crippen molar-refractivity contribution in [2.45, 2.75) is 6.04 Å². The summed E-state index contributed by atoms with van der Waals surface area (Å²) in [6.07, 6.45) is 1.81. The molecule has 0 spiro atoms. The Morgan fingerprint density at radius 1 is 1.09 bits per heavy atom. The predicted octanol–water partition coefficient (Wildman–Crippen LogP) is 2.90. The van der Waals surface area contributed by atoms with Crippen molar-refractivity contribution in [3.8, 4) is 11.1 Å². The van der Waals surface area contributed by atoms with E-state index >= 15 is 0 Å². The first-order chi connectivity index (χ1) is 10.6. The van der Waals surface area contributed by atoms with E-state index in [0.717, 1.165) is 11.1 Å². The third-order valence-electron chi connectivity index (χ3n) is 3.19. The zero-order valence-corrected chi connectivity index (χ0v) is 13.0. The van der Waals surface area contributed by atoms with Crippen LogP contribution in [0, 0.1) is 0 Å². The quantitative estimate of drug-likeness (QED) is 0.860. The van der Waals surface area contributed by atoms with E-state index in [0.29, 0.717) is 11.3 Å². The van der Waals surface area contributed by atoms with Crippen LogP contribution in [0.4, 0.5) is 0 Å². The number of carbonyl (C=O) groups excluding carboxylic acids is 1. The van der Waals surface area contributed by atoms with E-state index in [2.05, 4.69) is 5.32 Å². The molecule has 1 atom stereocenters. The number of carboxylic acids is 1. The fraction of sp³-hybridized carbons (Fsp3) is 0.176. The van der Waals surface area contributed by atoms with E-state index in [4.69, 9.17) is 5.11 Å². The molecular weight excluding hydrogens is 298 g/mol. The molecule has 0 fully saturated rings. The van der Waals surface area contributed by atoms with Crippen LogP contribution in [0.3, 0.4) is 0 Å². The van der Waals surface area contributed by atoms with Crippen LogP contribution in [0.2, 0.25) is 0 Å². The fourth-order valence-electron chi connectivity index (χ4n) is 2.13. The molecule has 114 valence electrons. The molecule has 0 radical (unpaired) electrons. The summed E-state index contributed by atoms with van der Waals surface area (Å²) < 4.78 is 0. The summed E-state index contributed by atoms with van der Waals surface area (Å²) in [5, 5.41) is 11.7. The molecule has 0 saturated carbocycles. The highest BCUT2D eigenvalue weighted by atomic mass is 32.2. The van der Waals surface area contributed by atoms with E-state index in [9.17, 15) is 9.59 Å². The maximum Gasteiger partial charge on any atom is 0.327 e. The van der Waals surface area contributed by atoms with Crippen LogP contribution < -0.4 is 5.32 Å². The second kappa shape index (κ2) is 7.66. The molecular formula is C17H17NO3S. The van der Waals surface area contributed by atoms with Crippen LogP contribution >= 0.6 is 11.8 Å². The third kappa shape index (κ3) is 3.89. The number of nitrogens with one attached hydrogen (secondary N) is 1. The van der Waals surface area contributed by atoms with Crippen LogP contribution in [0.25, 0.3) is 11.1 Å². The summed E-state index contributed by atoms with van der Waals surface area (Å²) in [6, 6.07) is 15.8. The van der Waals surface area contributed by atoms with Gasteiger partial charge in [0.15, 0.2) is 0 Å². The van der Waals surface area contributed by atoms with Crippen molar-refractivity contribution >= 4 is 23.6 Å². The Labute approximate surface area is 133 Å². The first-order valence-electron chi connectivity index (χ1n) is 6.80. The Kier molecular flexibility index (Phi) is 5.61. The van der Waals surface area contributed by atoms with Gasteiger partial charge in [-0.25, -0.2) is 4.79 Å². The van der Waals surface area contributed by atoms with Crippen molar-refractivity contribution < 1.29 is 14.7 Å². The summed E-state index contributed by atoms with van der Waals surface area (Å²) in [7, 11) is 0. The molecule has 0 aliphatic rings. The smallest absolute Gasteiger partial charge is 0.327 e. The van der Waals surface area contributed by atoms with Crippen molar-refractivity contribution in [2.24, 2.45) is 0 Å². The van der Waals surface area contributed by atoms with Gasteiger partial charge in [-0.1, -0.05) is 48.5 Å². The zero-order chi connectivity index (χ0) is 15.9. The summed E-state index contributed by atoms with van der Waals surface area (Å²) in [5.41, 5.74) is 2.18. The van der Waals surface area contributed by atoms with E-state index in [1.807, 2.05) is 42.5 Å². The van der Waals surface area contributed by atoms with E-state index in [1.54, 1.807) is 18.4 Å². The number of amides is 1. The lowest BCUT2D eigenvalue weighted by Crippen LogP contribution is -2.42. The Morgan fingerprint density at radius 2 is 1.73 bits per heavy atom. The molecule has 2 aromatic carbocycles. The van der Waals surface area contributed by atoms with Crippen LogP contribution in [0.15, 0.2) is 54.6 Å². The highest BCUT2D eigenvalue weighted by Crippen LogP contribution is 2.23. The molecule has 0 aromatic heterocycles. The van der Waals surface area contributed by atoms with E-state index in [1.165, 1.54) is 11.8 Å². The second-order valence-corrected chi connectivity index (χ2v) is 5.64. The Balaban J connectivity index is 2.29. The molecule has 0 aliphatic heterocycles. The third-order valence-corrected chi connectivity index (χ3v) is 3.86. The molecule has 0 saturated heterocycles. The number of hydrogen-bond acceptors (Lipinski definition) is 3. The van der Waals surface area contributed by atoms with Crippen LogP contribution in [-0.2, 0) is 4.79 Å². The molecule has 0 heterocycles. The molecule has 2 aromatic rings. The SMILES string of the molecule is CSC[C@H](NC(=O)c1ccccc1-c1ccccc1)C(=O)O. The number of carbonyl (C=O) groups is 2. The first kappa shape index (κ1) is 16.1. The van der Waals surface area contributed by atoms with Crippen LogP contribution in [0.1, 0.15) is 10.4 Å². The lowest BCUT2D eigenvalue weighted by Gasteiger charge is -2.15. The van der Waals surface area contributed by atoms with Gasteiger partial charge >= 0.3 is 5.97 Å². The average Bonchev–Trinajstić information content (AvgIpc) is 2.55. The van der Waals surface area contributed by atoms with Gasteiger partial charge in [-0.05, 0) is 23.4 Å². The number of thioether (sulfide) groups is 1. The van der Waals surface area contributed by atoms with Gasteiger partial charge in [0.2, 0.25) is 0 Å². The standard InChI is InChI=1S/C17H17NO3S/c1-22-11-15(17(20)21)18-16(19)14-10-6-5-9-13(14)12-7-3-2-4-8-12/h2-10,15H,11H2,1H3,(H,18,19)(H,20,21)/t15-/m0/s1. The summed E-state index contributed by atoms with van der Waals surface area (Å²) in [4.78, 5) is 23.6. The molecule has 5 heteroatoms. The van der Waals surface area contributed by atoms with Gasteiger partial charge in [-0.3, -0.25) is 4.79 Å². The number of benzene rings is 2. The Hall–Kier alpha value is -2.27. The summed E-state index contributed by atoms with van der Waals surface area (Å²) in [6.45, 7) is 0. The van der Waals surface area contributed by atoms with Crippen molar-refractivity contribution in [2.75, 3.05) is 12.0 Å². The molecule has 2 rings (SSSR count). The van der Waals surface area contributed by atoms with Crippen LogP contribution in [0.5, 0.6) is 0 Å². The average molecular weight is 315 g/mol. The van der Waals surface area contributed by atoms with Crippen molar-refractivity contribution in [1.29, 1.82) is 0 Å². The maximum atomic E-state index is 12.4. The van der Waals surface area contributed by atoms with Crippen molar-refractivity contribution in [3.63, 3.8) is 0 Å². The van der Waals surface area contributed by atoms with Crippen molar-refractivity contribution in [3.05, 3.63) is 60.2 Å². The van der Waals surface area contributed by atoms with Gasteiger partial charge in [-0.2, -0.15) is 11.8 Å². The zero-order valence-electron chi connectivity index (χ0n) is 12.2. The van der Waals surface area contributed by atoms with Gasteiger partial charge in [-0.15, -0.1) is 0 Å². The molecule has 4 nitrogen and oxygen atoms in total. The minimum absolute atomic E-state index is 0.328. The molecule has 0 unspecified atom stereocenters. The second-order valence-electron chi connectivity index (χ2n) is 4.73. The Bertz CT molecular complexity index is 658. The topological polar surface area (TPSA) is 66.4 Å². The highest BCUT2D eigenvalue weighted by molar-refractivity contribution is 7.98. The number of carboxylic acid groups (broad SMARTS) is 1. The lowest BCUT2D eigenvalue weighted by atomic mass is 9.99. The van der Waals surface area contributed by atoms with Gasteiger partial charge in [0.1, 0.15) is 6.04 Å². The molecule has 0 aliphatic carbocycles. The van der Waals surface area contributed by atoms with Gasteiger partial charge in [0.05, 0.1) is 0 Å². The van der Waals surface area contributed by atoms with E-state index in [-0.39, 0.29) is 5.91 Å². The first-order valence-corrected chi connectivity index (χ1v) is 8.20. The van der Waals surface area contributed by atoms with Gasteiger partial charge in [0.25, 0.3) is 5.91 Å². The molecule has 1 amide bonds. The lowest BCUT2D eigenvalue weighted by molar-refractivity contribution is -0.138.